The summed E-state index contributed by atoms with van der Waals surface area (Å²) >= 11 is 0. The Labute approximate surface area is 116 Å². The predicted octanol–water partition coefficient (Wildman–Crippen LogP) is 2.79. The zero-order chi connectivity index (χ0) is 13.1. The number of nitrogens with zero attached hydrogens (tertiary/aromatic N) is 2. The monoisotopic (exact) mass is 259 g/mol. The van der Waals surface area contributed by atoms with Crippen LogP contribution in [0.15, 0.2) is 24.3 Å². The Morgan fingerprint density at radius 1 is 0.947 bits per heavy atom. The summed E-state index contributed by atoms with van der Waals surface area (Å²) in [6, 6.07) is 9.66. The Kier molecular flexibility index (Phi) is 3.92. The Hall–Kier alpha value is -1.22. The number of likely N-dealkylation sites (tertiary alicyclic amines) is 1. The zero-order valence-corrected chi connectivity index (χ0v) is 11.9. The van der Waals surface area contributed by atoms with Crippen LogP contribution in [0.1, 0.15) is 25.7 Å². The molecule has 2 aliphatic heterocycles. The van der Waals surface area contributed by atoms with Crippen molar-refractivity contribution in [2.75, 3.05) is 43.4 Å². The van der Waals surface area contributed by atoms with Crippen LogP contribution in [0.4, 0.5) is 11.4 Å². The van der Waals surface area contributed by atoms with Crippen molar-refractivity contribution in [3.8, 4) is 0 Å². The summed E-state index contributed by atoms with van der Waals surface area (Å²) in [6.07, 6.45) is 5.19. The maximum Gasteiger partial charge on any atom is 0.0367 e. The highest BCUT2D eigenvalue weighted by atomic mass is 15.1. The van der Waals surface area contributed by atoms with Gasteiger partial charge in [-0.3, -0.25) is 0 Å². The van der Waals surface area contributed by atoms with Gasteiger partial charge < -0.3 is 15.1 Å². The maximum absolute atomic E-state index is 3.67. The summed E-state index contributed by atoms with van der Waals surface area (Å²) in [5.74, 6) is 0. The van der Waals surface area contributed by atoms with E-state index in [9.17, 15) is 0 Å². The first-order chi connectivity index (χ1) is 9.31. The molecule has 2 heterocycles. The molecule has 19 heavy (non-hydrogen) atoms. The molecule has 0 amide bonds. The van der Waals surface area contributed by atoms with E-state index in [1.807, 2.05) is 0 Å². The summed E-state index contributed by atoms with van der Waals surface area (Å²) in [6.45, 7) is 4.87. The summed E-state index contributed by atoms with van der Waals surface area (Å²) in [5, 5.41) is 3.67. The average Bonchev–Trinajstić information content (AvgIpc) is 2.96. The molecule has 1 aromatic carbocycles. The first-order valence-corrected chi connectivity index (χ1v) is 7.61. The minimum Gasteiger partial charge on any atom is -0.382 e. The van der Waals surface area contributed by atoms with Gasteiger partial charge in [0.2, 0.25) is 0 Å². The number of anilines is 2. The normalized spacial score (nSPS) is 21.8. The first kappa shape index (κ1) is 12.8. The van der Waals surface area contributed by atoms with E-state index in [2.05, 4.69) is 46.4 Å². The van der Waals surface area contributed by atoms with Gasteiger partial charge in [0.15, 0.2) is 0 Å². The SMILES string of the molecule is CN1CCC(Nc2ccc(N3CCCC3)cc2)CC1. The molecule has 104 valence electrons. The van der Waals surface area contributed by atoms with E-state index in [0.717, 1.165) is 0 Å². The smallest absolute Gasteiger partial charge is 0.0367 e. The zero-order valence-electron chi connectivity index (χ0n) is 11.9. The second-order valence-electron chi connectivity index (χ2n) is 5.96. The van der Waals surface area contributed by atoms with Gasteiger partial charge in [0.1, 0.15) is 0 Å². The number of nitrogens with one attached hydrogen (secondary N) is 1. The van der Waals surface area contributed by atoms with Crippen LogP contribution in [-0.4, -0.2) is 44.2 Å². The topological polar surface area (TPSA) is 18.5 Å². The Bertz CT molecular complexity index is 387. The molecule has 2 saturated heterocycles. The van der Waals surface area contributed by atoms with Crippen molar-refractivity contribution in [3.63, 3.8) is 0 Å². The minimum absolute atomic E-state index is 0.647. The number of benzene rings is 1. The van der Waals surface area contributed by atoms with E-state index in [-0.39, 0.29) is 0 Å². The molecule has 3 nitrogen and oxygen atoms in total. The Morgan fingerprint density at radius 3 is 2.21 bits per heavy atom. The van der Waals surface area contributed by atoms with Crippen LogP contribution in [0.3, 0.4) is 0 Å². The number of hydrogen-bond donors (Lipinski definition) is 1. The third-order valence-electron chi connectivity index (χ3n) is 4.43. The van der Waals surface area contributed by atoms with Crippen LogP contribution in [0, 0.1) is 0 Å². The molecule has 1 N–H and O–H groups in total. The lowest BCUT2D eigenvalue weighted by molar-refractivity contribution is 0.264. The fourth-order valence-electron chi connectivity index (χ4n) is 3.13. The fourth-order valence-corrected chi connectivity index (χ4v) is 3.13. The van der Waals surface area contributed by atoms with Crippen LogP contribution in [0.5, 0.6) is 0 Å². The van der Waals surface area contributed by atoms with Gasteiger partial charge in [-0.25, -0.2) is 0 Å². The van der Waals surface area contributed by atoms with Gasteiger partial charge in [0.25, 0.3) is 0 Å². The summed E-state index contributed by atoms with van der Waals surface area (Å²) in [7, 11) is 2.21. The number of rotatable bonds is 3. The lowest BCUT2D eigenvalue weighted by Gasteiger charge is -2.30. The largest absolute Gasteiger partial charge is 0.382 e. The van der Waals surface area contributed by atoms with E-state index < -0.39 is 0 Å². The molecule has 1 aromatic rings. The van der Waals surface area contributed by atoms with Gasteiger partial charge in [-0.2, -0.15) is 0 Å². The van der Waals surface area contributed by atoms with E-state index in [0.29, 0.717) is 6.04 Å². The maximum atomic E-state index is 3.67. The molecule has 3 heteroatoms. The van der Waals surface area contributed by atoms with E-state index in [1.54, 1.807) is 0 Å². The quantitative estimate of drug-likeness (QED) is 0.900. The Balaban J connectivity index is 1.56. The standard InChI is InChI=1S/C16H25N3/c1-18-12-8-15(9-13-18)17-14-4-6-16(7-5-14)19-10-2-3-11-19/h4-7,15,17H,2-3,8-13H2,1H3. The molecule has 0 spiro atoms. The lowest BCUT2D eigenvalue weighted by Crippen LogP contribution is -2.36. The van der Waals surface area contributed by atoms with Crippen molar-refractivity contribution in [2.45, 2.75) is 31.7 Å². The molecule has 0 radical (unpaired) electrons. The molecule has 0 aromatic heterocycles. The van der Waals surface area contributed by atoms with Gasteiger partial charge >= 0.3 is 0 Å². The van der Waals surface area contributed by atoms with Crippen molar-refractivity contribution in [3.05, 3.63) is 24.3 Å². The minimum atomic E-state index is 0.647. The van der Waals surface area contributed by atoms with Crippen LogP contribution in [0.2, 0.25) is 0 Å². The highest BCUT2D eigenvalue weighted by molar-refractivity contribution is 5.55. The lowest BCUT2D eigenvalue weighted by atomic mass is 10.1. The van der Waals surface area contributed by atoms with E-state index in [4.69, 9.17) is 0 Å². The van der Waals surface area contributed by atoms with E-state index >= 15 is 0 Å². The molecule has 0 unspecified atom stereocenters. The van der Waals surface area contributed by atoms with Crippen molar-refractivity contribution in [1.82, 2.24) is 4.90 Å². The molecule has 3 rings (SSSR count). The second-order valence-corrected chi connectivity index (χ2v) is 5.96. The number of piperidine rings is 1. The van der Waals surface area contributed by atoms with Gasteiger partial charge in [-0.05, 0) is 70.1 Å². The molecule has 0 saturated carbocycles. The number of hydrogen-bond acceptors (Lipinski definition) is 3. The molecule has 0 aliphatic carbocycles. The van der Waals surface area contributed by atoms with E-state index in [1.165, 1.54) is 63.2 Å². The van der Waals surface area contributed by atoms with Crippen molar-refractivity contribution >= 4 is 11.4 Å². The highest BCUT2D eigenvalue weighted by Gasteiger charge is 2.16. The molecule has 2 aliphatic rings. The third-order valence-corrected chi connectivity index (χ3v) is 4.43. The molecule has 2 fully saturated rings. The highest BCUT2D eigenvalue weighted by Crippen LogP contribution is 2.23. The van der Waals surface area contributed by atoms with Crippen LogP contribution in [0.25, 0.3) is 0 Å². The third kappa shape index (κ3) is 3.21. The van der Waals surface area contributed by atoms with Crippen LogP contribution < -0.4 is 10.2 Å². The molecule has 0 atom stereocenters. The van der Waals surface area contributed by atoms with Crippen LogP contribution in [-0.2, 0) is 0 Å². The first-order valence-electron chi connectivity index (χ1n) is 7.61. The molecular formula is C16H25N3. The summed E-state index contributed by atoms with van der Waals surface area (Å²) < 4.78 is 0. The van der Waals surface area contributed by atoms with Gasteiger partial charge in [-0.15, -0.1) is 0 Å². The van der Waals surface area contributed by atoms with Gasteiger partial charge in [0.05, 0.1) is 0 Å². The fraction of sp³-hybridized carbons (Fsp3) is 0.625. The summed E-state index contributed by atoms with van der Waals surface area (Å²) in [4.78, 5) is 4.90. The van der Waals surface area contributed by atoms with Crippen molar-refractivity contribution < 1.29 is 0 Å². The summed E-state index contributed by atoms with van der Waals surface area (Å²) in [5.41, 5.74) is 2.66. The van der Waals surface area contributed by atoms with Crippen molar-refractivity contribution in [2.24, 2.45) is 0 Å². The van der Waals surface area contributed by atoms with Crippen LogP contribution >= 0.6 is 0 Å². The van der Waals surface area contributed by atoms with Crippen molar-refractivity contribution in [1.29, 1.82) is 0 Å². The predicted molar refractivity (Wildman–Crippen MR) is 82.0 cm³/mol. The average molecular weight is 259 g/mol. The van der Waals surface area contributed by atoms with Gasteiger partial charge in [0, 0.05) is 30.5 Å². The van der Waals surface area contributed by atoms with Gasteiger partial charge in [-0.1, -0.05) is 0 Å². The molecular weight excluding hydrogens is 234 g/mol. The Morgan fingerprint density at radius 2 is 1.58 bits per heavy atom. The molecule has 0 bridgehead atoms. The second kappa shape index (κ2) is 5.83.